The maximum absolute atomic E-state index is 12.6. The highest BCUT2D eigenvalue weighted by atomic mass is 32.1. The molecular formula is C24H31N5OS. The summed E-state index contributed by atoms with van der Waals surface area (Å²) in [4.78, 5) is 22.0. The summed E-state index contributed by atoms with van der Waals surface area (Å²) < 4.78 is 0. The molecule has 0 spiro atoms. The summed E-state index contributed by atoms with van der Waals surface area (Å²) >= 11 is 1.69. The van der Waals surface area contributed by atoms with Crippen molar-refractivity contribution in [1.82, 2.24) is 20.1 Å². The van der Waals surface area contributed by atoms with Crippen molar-refractivity contribution in [2.45, 2.75) is 50.6 Å². The third kappa shape index (κ3) is 5.91. The van der Waals surface area contributed by atoms with E-state index < -0.39 is 5.54 Å². The predicted octanol–water partition coefficient (Wildman–Crippen LogP) is 3.66. The van der Waals surface area contributed by atoms with Crippen LogP contribution in [-0.4, -0.2) is 59.0 Å². The van der Waals surface area contributed by atoms with Crippen molar-refractivity contribution in [3.8, 4) is 16.6 Å². The van der Waals surface area contributed by atoms with Crippen LogP contribution < -0.4 is 5.32 Å². The second-order valence-electron chi connectivity index (χ2n) is 8.72. The van der Waals surface area contributed by atoms with Crippen molar-refractivity contribution in [2.24, 2.45) is 0 Å². The molecule has 2 heterocycles. The Hall–Kier alpha value is -2.27. The maximum atomic E-state index is 12.6. The minimum absolute atomic E-state index is 0.0103. The van der Waals surface area contributed by atoms with Gasteiger partial charge in [0.25, 0.3) is 0 Å². The van der Waals surface area contributed by atoms with Gasteiger partial charge in [-0.2, -0.15) is 5.26 Å². The first-order valence-electron chi connectivity index (χ1n) is 11.3. The number of benzene rings is 1. The number of nitrogens with one attached hydrogen (secondary N) is 1. The van der Waals surface area contributed by atoms with E-state index in [9.17, 15) is 10.1 Å². The molecular weight excluding hydrogens is 406 g/mol. The molecule has 0 unspecified atom stereocenters. The molecule has 0 bridgehead atoms. The Bertz CT molecular complexity index is 890. The first kappa shape index (κ1) is 21.9. The van der Waals surface area contributed by atoms with E-state index in [4.69, 9.17) is 4.98 Å². The molecule has 2 fully saturated rings. The molecule has 7 heteroatoms. The Kier molecular flexibility index (Phi) is 7.33. The molecule has 0 radical (unpaired) electrons. The fourth-order valence-corrected chi connectivity index (χ4v) is 5.35. The highest BCUT2D eigenvalue weighted by Gasteiger charge is 2.33. The zero-order valence-corrected chi connectivity index (χ0v) is 18.9. The standard InChI is InChI=1S/C24H31N5OS/c25-19-24(10-6-1-2-7-11-24)27-22(30)17-29-14-12-28(13-15-29)16-21-18-31-23(26-21)20-8-4-3-5-9-20/h3-5,8-9,18H,1-2,6-7,10-17H2,(H,27,30). The lowest BCUT2D eigenvalue weighted by atomic mass is 9.92. The van der Waals surface area contributed by atoms with E-state index in [1.165, 1.54) is 5.56 Å². The van der Waals surface area contributed by atoms with Crippen molar-refractivity contribution in [1.29, 1.82) is 5.26 Å². The highest BCUT2D eigenvalue weighted by molar-refractivity contribution is 7.13. The van der Waals surface area contributed by atoms with Crippen LogP contribution in [0, 0.1) is 11.3 Å². The minimum Gasteiger partial charge on any atom is -0.337 e. The summed E-state index contributed by atoms with van der Waals surface area (Å²) in [7, 11) is 0. The lowest BCUT2D eigenvalue weighted by Gasteiger charge is -2.35. The fraction of sp³-hybridized carbons (Fsp3) is 0.542. The van der Waals surface area contributed by atoms with E-state index >= 15 is 0 Å². The van der Waals surface area contributed by atoms with E-state index in [1.807, 2.05) is 18.2 Å². The average Bonchev–Trinajstić information content (AvgIpc) is 3.14. The van der Waals surface area contributed by atoms with Gasteiger partial charge in [0.2, 0.25) is 5.91 Å². The van der Waals surface area contributed by atoms with Crippen LogP contribution in [0.3, 0.4) is 0 Å². The lowest BCUT2D eigenvalue weighted by molar-refractivity contribution is -0.124. The zero-order chi connectivity index (χ0) is 21.5. The van der Waals surface area contributed by atoms with E-state index in [0.29, 0.717) is 6.54 Å². The molecule has 1 saturated carbocycles. The quantitative estimate of drug-likeness (QED) is 0.698. The third-order valence-corrected chi connectivity index (χ3v) is 7.28. The largest absolute Gasteiger partial charge is 0.337 e. The Morgan fingerprint density at radius 1 is 1.06 bits per heavy atom. The second-order valence-corrected chi connectivity index (χ2v) is 9.58. The SMILES string of the molecule is N#CC1(NC(=O)CN2CCN(Cc3csc(-c4ccccc4)n3)CC2)CCCCCC1. The van der Waals surface area contributed by atoms with E-state index in [0.717, 1.165) is 82.0 Å². The van der Waals surface area contributed by atoms with Crippen molar-refractivity contribution < 1.29 is 4.79 Å². The van der Waals surface area contributed by atoms with Gasteiger partial charge >= 0.3 is 0 Å². The number of nitrogens with zero attached hydrogens (tertiary/aromatic N) is 4. The third-order valence-electron chi connectivity index (χ3n) is 6.34. The molecule has 4 rings (SSSR count). The normalized spacial score (nSPS) is 20.0. The summed E-state index contributed by atoms with van der Waals surface area (Å²) in [5, 5.41) is 16.0. The molecule has 1 saturated heterocycles. The molecule has 2 aliphatic rings. The molecule has 1 aliphatic heterocycles. The van der Waals surface area contributed by atoms with Crippen LogP contribution in [0.2, 0.25) is 0 Å². The van der Waals surface area contributed by atoms with Crippen LogP contribution in [0.25, 0.3) is 10.6 Å². The Balaban J connectivity index is 1.23. The van der Waals surface area contributed by atoms with Gasteiger partial charge in [-0.05, 0) is 12.8 Å². The molecule has 1 amide bonds. The molecule has 0 atom stereocenters. The monoisotopic (exact) mass is 437 g/mol. The predicted molar refractivity (Wildman–Crippen MR) is 123 cm³/mol. The Morgan fingerprint density at radius 3 is 2.42 bits per heavy atom. The van der Waals surface area contributed by atoms with Crippen LogP contribution in [0.1, 0.15) is 44.2 Å². The van der Waals surface area contributed by atoms with Gasteiger partial charge in [0.1, 0.15) is 10.5 Å². The van der Waals surface area contributed by atoms with E-state index in [-0.39, 0.29) is 5.91 Å². The van der Waals surface area contributed by atoms with Gasteiger partial charge in [-0.1, -0.05) is 56.0 Å². The number of carbonyl (C=O) groups excluding carboxylic acids is 1. The molecule has 1 aromatic heterocycles. The summed E-state index contributed by atoms with van der Waals surface area (Å²) in [5.74, 6) is -0.0103. The summed E-state index contributed by atoms with van der Waals surface area (Å²) in [6, 6.07) is 12.7. The topological polar surface area (TPSA) is 72.3 Å². The fourth-order valence-electron chi connectivity index (χ4n) is 4.53. The maximum Gasteiger partial charge on any atom is 0.235 e. The van der Waals surface area contributed by atoms with Crippen LogP contribution in [-0.2, 0) is 11.3 Å². The molecule has 31 heavy (non-hydrogen) atoms. The van der Waals surface area contributed by atoms with Crippen molar-refractivity contribution in [3.63, 3.8) is 0 Å². The second kappa shape index (κ2) is 10.4. The smallest absolute Gasteiger partial charge is 0.235 e. The van der Waals surface area contributed by atoms with Gasteiger partial charge in [0.15, 0.2) is 0 Å². The highest BCUT2D eigenvalue weighted by Crippen LogP contribution is 2.27. The van der Waals surface area contributed by atoms with Gasteiger partial charge in [-0.25, -0.2) is 4.98 Å². The summed E-state index contributed by atoms with van der Waals surface area (Å²) in [6.07, 6.45) is 5.92. The van der Waals surface area contributed by atoms with Crippen LogP contribution in [0.15, 0.2) is 35.7 Å². The van der Waals surface area contributed by atoms with Crippen molar-refractivity contribution in [3.05, 3.63) is 41.4 Å². The lowest BCUT2D eigenvalue weighted by Crippen LogP contribution is -2.53. The van der Waals surface area contributed by atoms with E-state index in [2.05, 4.69) is 38.7 Å². The van der Waals surface area contributed by atoms with E-state index in [1.54, 1.807) is 11.3 Å². The molecule has 1 aromatic carbocycles. The molecule has 1 aliphatic carbocycles. The summed E-state index contributed by atoms with van der Waals surface area (Å²) in [5.41, 5.74) is 1.62. The van der Waals surface area contributed by atoms with Gasteiger partial charge < -0.3 is 5.32 Å². The minimum atomic E-state index is -0.656. The van der Waals surface area contributed by atoms with Gasteiger partial charge in [-0.15, -0.1) is 11.3 Å². The molecule has 1 N–H and O–H groups in total. The molecule has 164 valence electrons. The Labute approximate surface area is 188 Å². The number of nitriles is 1. The molecule has 6 nitrogen and oxygen atoms in total. The average molecular weight is 438 g/mol. The number of thiazole rings is 1. The van der Waals surface area contributed by atoms with Gasteiger partial charge in [0.05, 0.1) is 18.3 Å². The first-order chi connectivity index (χ1) is 15.2. The number of hydrogen-bond donors (Lipinski definition) is 1. The van der Waals surface area contributed by atoms with Crippen LogP contribution in [0.5, 0.6) is 0 Å². The van der Waals surface area contributed by atoms with Gasteiger partial charge in [-0.3, -0.25) is 14.6 Å². The van der Waals surface area contributed by atoms with Crippen LogP contribution in [0.4, 0.5) is 0 Å². The van der Waals surface area contributed by atoms with Crippen molar-refractivity contribution in [2.75, 3.05) is 32.7 Å². The number of aromatic nitrogens is 1. The number of amides is 1. The molecule has 2 aromatic rings. The summed E-state index contributed by atoms with van der Waals surface area (Å²) in [6.45, 7) is 4.81. The number of hydrogen-bond acceptors (Lipinski definition) is 6. The van der Waals surface area contributed by atoms with Crippen LogP contribution >= 0.6 is 11.3 Å². The number of piperazine rings is 1. The first-order valence-corrected chi connectivity index (χ1v) is 12.2. The van der Waals surface area contributed by atoms with Crippen molar-refractivity contribution >= 4 is 17.2 Å². The zero-order valence-electron chi connectivity index (χ0n) is 18.1. The Morgan fingerprint density at radius 2 is 1.74 bits per heavy atom. The van der Waals surface area contributed by atoms with Gasteiger partial charge in [0, 0.05) is 43.7 Å². The number of carbonyl (C=O) groups is 1. The number of rotatable bonds is 6.